The van der Waals surface area contributed by atoms with Crippen molar-refractivity contribution in [3.8, 4) is 22.3 Å². The molecule has 2 nitrogen and oxygen atoms in total. The van der Waals surface area contributed by atoms with Crippen LogP contribution in [0.4, 0.5) is 17.1 Å². The summed E-state index contributed by atoms with van der Waals surface area (Å²) in [5.74, 6) is 0. The molecule has 0 N–H and O–H groups in total. The minimum absolute atomic E-state index is 0.912. The van der Waals surface area contributed by atoms with E-state index in [1.165, 1.54) is 27.6 Å². The summed E-state index contributed by atoms with van der Waals surface area (Å²) >= 11 is 0. The van der Waals surface area contributed by atoms with Crippen molar-refractivity contribution in [1.82, 2.24) is 0 Å². The number of fused-ring (bicyclic) bond motifs is 4. The Balaban J connectivity index is 1.17. The zero-order chi connectivity index (χ0) is 27.9. The highest BCUT2D eigenvalue weighted by Crippen LogP contribution is 2.39. The number of rotatable bonds is 5. The summed E-state index contributed by atoms with van der Waals surface area (Å²) in [5.41, 5.74) is 10.0. The molecule has 7 aromatic carbocycles. The summed E-state index contributed by atoms with van der Waals surface area (Å²) in [4.78, 5) is 2.31. The molecule has 198 valence electrons. The number of furan rings is 1. The maximum Gasteiger partial charge on any atom is 0.136 e. The van der Waals surface area contributed by atoms with Crippen molar-refractivity contribution in [2.75, 3.05) is 4.90 Å². The molecule has 0 spiro atoms. The highest BCUT2D eigenvalue weighted by Gasteiger charge is 2.15. The number of hydrogen-bond acceptors (Lipinski definition) is 2. The highest BCUT2D eigenvalue weighted by molar-refractivity contribution is 6.10. The van der Waals surface area contributed by atoms with Crippen molar-refractivity contribution >= 4 is 49.8 Å². The average molecular weight is 538 g/mol. The molecule has 8 aromatic rings. The number of nitrogens with zero attached hydrogens (tertiary/aromatic N) is 1. The Hall–Kier alpha value is -5.60. The summed E-state index contributed by atoms with van der Waals surface area (Å²) in [5, 5.41) is 4.65. The van der Waals surface area contributed by atoms with Gasteiger partial charge in [0.05, 0.1) is 0 Å². The Kier molecular flexibility index (Phi) is 5.82. The van der Waals surface area contributed by atoms with Gasteiger partial charge < -0.3 is 9.32 Å². The number of hydrogen-bond donors (Lipinski definition) is 0. The standard InChI is InChI=1S/C40H27NO/c1-3-9-28(10-4-1)29-15-17-30(18-16-29)31-19-22-35(23-20-31)41(34-11-5-2-6-12-34)36-24-21-32-26-38-37-13-7-8-14-39(37)42-40(38)27-33(32)25-36/h1-27H. The van der Waals surface area contributed by atoms with Crippen LogP contribution in [0.5, 0.6) is 0 Å². The second-order valence-corrected chi connectivity index (χ2v) is 10.6. The van der Waals surface area contributed by atoms with Crippen LogP contribution in [0, 0.1) is 0 Å². The highest BCUT2D eigenvalue weighted by atomic mass is 16.3. The van der Waals surface area contributed by atoms with Crippen molar-refractivity contribution in [1.29, 1.82) is 0 Å². The molecule has 0 bridgehead atoms. The zero-order valence-electron chi connectivity index (χ0n) is 22.9. The largest absolute Gasteiger partial charge is 0.456 e. The Bertz CT molecular complexity index is 2160. The first-order valence-corrected chi connectivity index (χ1v) is 14.3. The van der Waals surface area contributed by atoms with E-state index in [1.54, 1.807) is 0 Å². The maximum absolute atomic E-state index is 6.20. The average Bonchev–Trinajstić information content (AvgIpc) is 3.42. The fraction of sp³-hybridized carbons (Fsp3) is 0. The van der Waals surface area contributed by atoms with E-state index < -0.39 is 0 Å². The lowest BCUT2D eigenvalue weighted by atomic mass is 10.00. The molecule has 0 fully saturated rings. The SMILES string of the molecule is c1ccc(-c2ccc(-c3ccc(N(c4ccccc4)c4ccc5cc6c(cc5c4)oc4ccccc46)cc3)cc2)cc1. The van der Waals surface area contributed by atoms with E-state index in [0.717, 1.165) is 44.4 Å². The Morgan fingerprint density at radius 2 is 0.881 bits per heavy atom. The molecule has 0 aliphatic carbocycles. The molecular formula is C40H27NO. The first kappa shape index (κ1) is 24.2. The lowest BCUT2D eigenvalue weighted by Crippen LogP contribution is -2.09. The van der Waals surface area contributed by atoms with Crippen LogP contribution in [0.1, 0.15) is 0 Å². The third-order valence-electron chi connectivity index (χ3n) is 8.04. The number of para-hydroxylation sites is 2. The lowest BCUT2D eigenvalue weighted by Gasteiger charge is -2.26. The molecule has 0 amide bonds. The molecule has 0 saturated heterocycles. The Morgan fingerprint density at radius 3 is 1.60 bits per heavy atom. The number of benzene rings is 7. The summed E-state index contributed by atoms with van der Waals surface area (Å²) < 4.78 is 6.20. The van der Waals surface area contributed by atoms with Crippen molar-refractivity contribution in [3.63, 3.8) is 0 Å². The Morgan fingerprint density at radius 1 is 0.333 bits per heavy atom. The van der Waals surface area contributed by atoms with E-state index in [1.807, 2.05) is 12.1 Å². The third kappa shape index (κ3) is 4.31. The minimum atomic E-state index is 0.912. The summed E-state index contributed by atoms with van der Waals surface area (Å²) in [6, 6.07) is 58.0. The van der Waals surface area contributed by atoms with Crippen LogP contribution in [0.3, 0.4) is 0 Å². The predicted octanol–water partition coefficient (Wildman–Crippen LogP) is 11.5. The molecule has 42 heavy (non-hydrogen) atoms. The number of anilines is 3. The van der Waals surface area contributed by atoms with Crippen LogP contribution in [-0.2, 0) is 0 Å². The van der Waals surface area contributed by atoms with Gasteiger partial charge in [-0.3, -0.25) is 0 Å². The molecule has 1 aromatic heterocycles. The molecule has 0 aliphatic rings. The molecule has 0 aliphatic heterocycles. The van der Waals surface area contributed by atoms with Gasteiger partial charge in [-0.2, -0.15) is 0 Å². The minimum Gasteiger partial charge on any atom is -0.456 e. The Labute approximate surface area is 244 Å². The van der Waals surface area contributed by atoms with Gasteiger partial charge in [-0.15, -0.1) is 0 Å². The van der Waals surface area contributed by atoms with Crippen molar-refractivity contribution < 1.29 is 4.42 Å². The first-order valence-electron chi connectivity index (χ1n) is 14.3. The normalized spacial score (nSPS) is 11.3. The maximum atomic E-state index is 6.20. The molecule has 0 atom stereocenters. The second-order valence-electron chi connectivity index (χ2n) is 10.6. The molecule has 2 heteroatoms. The first-order chi connectivity index (χ1) is 20.8. The van der Waals surface area contributed by atoms with Crippen molar-refractivity contribution in [2.45, 2.75) is 0 Å². The predicted molar refractivity (Wildman–Crippen MR) is 177 cm³/mol. The third-order valence-corrected chi connectivity index (χ3v) is 8.04. The molecule has 0 saturated carbocycles. The molecule has 1 heterocycles. The van der Waals surface area contributed by atoms with Crippen molar-refractivity contribution in [2.24, 2.45) is 0 Å². The van der Waals surface area contributed by atoms with Gasteiger partial charge in [-0.25, -0.2) is 0 Å². The van der Waals surface area contributed by atoms with Gasteiger partial charge in [-0.05, 0) is 87.6 Å². The summed E-state index contributed by atoms with van der Waals surface area (Å²) in [7, 11) is 0. The smallest absolute Gasteiger partial charge is 0.136 e. The fourth-order valence-electron chi connectivity index (χ4n) is 5.91. The summed E-state index contributed by atoms with van der Waals surface area (Å²) in [6.07, 6.45) is 0. The second kappa shape index (κ2) is 10.1. The lowest BCUT2D eigenvalue weighted by molar-refractivity contribution is 0.669. The van der Waals surface area contributed by atoms with Gasteiger partial charge in [0.2, 0.25) is 0 Å². The van der Waals surface area contributed by atoms with Crippen LogP contribution in [0.25, 0.3) is 55.0 Å². The molecule has 0 unspecified atom stereocenters. The van der Waals surface area contributed by atoms with E-state index in [0.29, 0.717) is 0 Å². The zero-order valence-corrected chi connectivity index (χ0v) is 22.9. The van der Waals surface area contributed by atoms with E-state index in [4.69, 9.17) is 4.42 Å². The van der Waals surface area contributed by atoms with E-state index in [-0.39, 0.29) is 0 Å². The van der Waals surface area contributed by atoms with E-state index in [2.05, 4.69) is 157 Å². The van der Waals surface area contributed by atoms with Gasteiger partial charge in [0.25, 0.3) is 0 Å². The molecule has 8 rings (SSSR count). The fourth-order valence-corrected chi connectivity index (χ4v) is 5.91. The summed E-state index contributed by atoms with van der Waals surface area (Å²) in [6.45, 7) is 0. The van der Waals surface area contributed by atoms with Crippen LogP contribution < -0.4 is 4.90 Å². The van der Waals surface area contributed by atoms with Crippen LogP contribution in [0.15, 0.2) is 168 Å². The van der Waals surface area contributed by atoms with E-state index in [9.17, 15) is 0 Å². The van der Waals surface area contributed by atoms with E-state index >= 15 is 0 Å². The van der Waals surface area contributed by atoms with Gasteiger partial charge in [0, 0.05) is 27.8 Å². The topological polar surface area (TPSA) is 16.4 Å². The van der Waals surface area contributed by atoms with Gasteiger partial charge >= 0.3 is 0 Å². The van der Waals surface area contributed by atoms with Crippen LogP contribution >= 0.6 is 0 Å². The quantitative estimate of drug-likeness (QED) is 0.217. The van der Waals surface area contributed by atoms with Gasteiger partial charge in [0.15, 0.2) is 0 Å². The van der Waals surface area contributed by atoms with Gasteiger partial charge in [0.1, 0.15) is 11.2 Å². The molecular weight excluding hydrogens is 510 g/mol. The molecule has 0 radical (unpaired) electrons. The van der Waals surface area contributed by atoms with Crippen LogP contribution in [0.2, 0.25) is 0 Å². The van der Waals surface area contributed by atoms with Crippen molar-refractivity contribution in [3.05, 3.63) is 164 Å². The van der Waals surface area contributed by atoms with Gasteiger partial charge in [-0.1, -0.05) is 109 Å². The monoisotopic (exact) mass is 537 g/mol. The van der Waals surface area contributed by atoms with Crippen LogP contribution in [-0.4, -0.2) is 0 Å².